The standard InChI is InChI=1S/C17H31N5O3S/c1-4-15-14(16(5-2)25-21-15)13-20-17(18-6-3)19-7-8-22-9-11-26(23,24)12-10-22/h4-13H2,1-3H3,(H2,18,19,20). The molecule has 9 heteroatoms. The van der Waals surface area contributed by atoms with Crippen molar-refractivity contribution in [3.63, 3.8) is 0 Å². The Morgan fingerprint density at radius 1 is 1.19 bits per heavy atom. The maximum atomic E-state index is 11.5. The Bertz CT molecular complexity index is 664. The van der Waals surface area contributed by atoms with Gasteiger partial charge in [0.05, 0.1) is 23.7 Å². The Balaban J connectivity index is 1.88. The normalized spacial score (nSPS) is 18.0. The van der Waals surface area contributed by atoms with Crippen LogP contribution in [0.4, 0.5) is 0 Å². The van der Waals surface area contributed by atoms with Crippen LogP contribution >= 0.6 is 0 Å². The Kier molecular flexibility index (Phi) is 7.89. The summed E-state index contributed by atoms with van der Waals surface area (Å²) in [7, 11) is -2.83. The van der Waals surface area contributed by atoms with E-state index in [0.717, 1.165) is 55.5 Å². The zero-order chi connectivity index (χ0) is 19.0. The molecule has 1 aliphatic rings. The summed E-state index contributed by atoms with van der Waals surface area (Å²) in [4.78, 5) is 6.83. The van der Waals surface area contributed by atoms with Gasteiger partial charge in [-0.05, 0) is 13.3 Å². The number of nitrogens with one attached hydrogen (secondary N) is 2. The first-order valence-electron chi connectivity index (χ1n) is 9.40. The summed E-state index contributed by atoms with van der Waals surface area (Å²) in [6.45, 7) is 10.2. The second kappa shape index (κ2) is 9.91. The maximum absolute atomic E-state index is 11.5. The van der Waals surface area contributed by atoms with Gasteiger partial charge in [-0.15, -0.1) is 0 Å². The number of hydrogen-bond donors (Lipinski definition) is 2. The van der Waals surface area contributed by atoms with E-state index in [4.69, 9.17) is 4.52 Å². The molecule has 0 unspecified atom stereocenters. The number of aliphatic imine (C=N–C) groups is 1. The van der Waals surface area contributed by atoms with Gasteiger partial charge in [0.15, 0.2) is 15.8 Å². The second-order valence-electron chi connectivity index (χ2n) is 6.35. The molecule has 2 heterocycles. The minimum absolute atomic E-state index is 0.258. The Morgan fingerprint density at radius 2 is 1.92 bits per heavy atom. The molecule has 1 aromatic heterocycles. The monoisotopic (exact) mass is 385 g/mol. The van der Waals surface area contributed by atoms with E-state index >= 15 is 0 Å². The molecular weight excluding hydrogens is 354 g/mol. The Morgan fingerprint density at radius 3 is 2.54 bits per heavy atom. The van der Waals surface area contributed by atoms with Gasteiger partial charge >= 0.3 is 0 Å². The highest BCUT2D eigenvalue weighted by Gasteiger charge is 2.21. The predicted molar refractivity (Wildman–Crippen MR) is 103 cm³/mol. The van der Waals surface area contributed by atoms with Gasteiger partial charge in [-0.1, -0.05) is 19.0 Å². The van der Waals surface area contributed by atoms with Crippen molar-refractivity contribution in [2.24, 2.45) is 4.99 Å². The van der Waals surface area contributed by atoms with Crippen LogP contribution < -0.4 is 10.6 Å². The quantitative estimate of drug-likeness (QED) is 0.499. The molecule has 1 aliphatic heterocycles. The molecule has 0 bridgehead atoms. The molecule has 0 atom stereocenters. The Labute approximate surface area is 156 Å². The van der Waals surface area contributed by atoms with Crippen molar-refractivity contribution in [1.29, 1.82) is 0 Å². The van der Waals surface area contributed by atoms with Crippen LogP contribution in [0.1, 0.15) is 37.8 Å². The predicted octanol–water partition coefficient (Wildman–Crippen LogP) is 0.585. The second-order valence-corrected chi connectivity index (χ2v) is 8.66. The largest absolute Gasteiger partial charge is 0.361 e. The van der Waals surface area contributed by atoms with Crippen molar-refractivity contribution in [3.05, 3.63) is 17.0 Å². The van der Waals surface area contributed by atoms with E-state index in [1.807, 2.05) is 6.92 Å². The fourth-order valence-electron chi connectivity index (χ4n) is 2.92. The third kappa shape index (κ3) is 5.98. The molecule has 26 heavy (non-hydrogen) atoms. The van der Waals surface area contributed by atoms with Crippen molar-refractivity contribution in [1.82, 2.24) is 20.7 Å². The molecule has 0 aromatic carbocycles. The number of rotatable bonds is 8. The van der Waals surface area contributed by atoms with Gasteiger partial charge in [-0.2, -0.15) is 0 Å². The van der Waals surface area contributed by atoms with Gasteiger partial charge in [0.1, 0.15) is 5.76 Å². The lowest BCUT2D eigenvalue weighted by atomic mass is 10.1. The summed E-state index contributed by atoms with van der Waals surface area (Å²) < 4.78 is 28.4. The van der Waals surface area contributed by atoms with Crippen LogP contribution in [0, 0.1) is 0 Å². The first-order valence-corrected chi connectivity index (χ1v) is 11.2. The average Bonchev–Trinajstić information content (AvgIpc) is 3.03. The highest BCUT2D eigenvalue weighted by atomic mass is 32.2. The summed E-state index contributed by atoms with van der Waals surface area (Å²) in [5.41, 5.74) is 2.05. The zero-order valence-electron chi connectivity index (χ0n) is 16.0. The number of aryl methyl sites for hydroxylation is 2. The third-order valence-corrected chi connectivity index (χ3v) is 6.11. The third-order valence-electron chi connectivity index (χ3n) is 4.50. The van der Waals surface area contributed by atoms with Gasteiger partial charge in [0.25, 0.3) is 0 Å². The van der Waals surface area contributed by atoms with Crippen LogP contribution in [0.15, 0.2) is 9.52 Å². The van der Waals surface area contributed by atoms with E-state index in [1.165, 1.54) is 0 Å². The van der Waals surface area contributed by atoms with E-state index in [9.17, 15) is 8.42 Å². The molecule has 8 nitrogen and oxygen atoms in total. The van der Waals surface area contributed by atoms with Gasteiger partial charge in [0, 0.05) is 44.7 Å². The molecule has 0 spiro atoms. The highest BCUT2D eigenvalue weighted by molar-refractivity contribution is 7.91. The zero-order valence-corrected chi connectivity index (χ0v) is 16.9. The van der Waals surface area contributed by atoms with Crippen LogP contribution in [0.25, 0.3) is 0 Å². The molecule has 0 aliphatic carbocycles. The van der Waals surface area contributed by atoms with Crippen LogP contribution in [-0.4, -0.2) is 68.7 Å². The highest BCUT2D eigenvalue weighted by Crippen LogP contribution is 2.16. The van der Waals surface area contributed by atoms with Crippen molar-refractivity contribution in [3.8, 4) is 0 Å². The van der Waals surface area contributed by atoms with E-state index in [0.29, 0.717) is 19.6 Å². The van der Waals surface area contributed by atoms with Crippen LogP contribution in [0.3, 0.4) is 0 Å². The lowest BCUT2D eigenvalue weighted by molar-refractivity contribution is 0.299. The lowest BCUT2D eigenvalue weighted by Gasteiger charge is -2.26. The molecule has 0 radical (unpaired) electrons. The molecule has 0 amide bonds. The molecule has 2 N–H and O–H groups in total. The van der Waals surface area contributed by atoms with E-state index in [1.54, 1.807) is 0 Å². The Hall–Kier alpha value is -1.61. The van der Waals surface area contributed by atoms with Crippen molar-refractivity contribution in [2.75, 3.05) is 44.2 Å². The molecule has 1 aromatic rings. The van der Waals surface area contributed by atoms with E-state index in [-0.39, 0.29) is 11.5 Å². The molecule has 148 valence electrons. The molecular formula is C17H31N5O3S. The molecule has 1 saturated heterocycles. The van der Waals surface area contributed by atoms with Gasteiger partial charge < -0.3 is 15.2 Å². The van der Waals surface area contributed by atoms with E-state index in [2.05, 4.69) is 39.5 Å². The van der Waals surface area contributed by atoms with Crippen molar-refractivity contribution in [2.45, 2.75) is 40.2 Å². The van der Waals surface area contributed by atoms with Crippen LogP contribution in [-0.2, 0) is 29.2 Å². The number of guanidine groups is 1. The fourth-order valence-corrected chi connectivity index (χ4v) is 4.20. The number of hydrogen-bond acceptors (Lipinski definition) is 6. The summed E-state index contributed by atoms with van der Waals surface area (Å²) in [5, 5.41) is 10.7. The molecule has 2 rings (SSSR count). The van der Waals surface area contributed by atoms with Gasteiger partial charge in [-0.3, -0.25) is 4.90 Å². The first-order chi connectivity index (χ1) is 12.5. The fraction of sp³-hybridized carbons (Fsp3) is 0.765. The van der Waals surface area contributed by atoms with Crippen LogP contribution in [0.5, 0.6) is 0 Å². The van der Waals surface area contributed by atoms with Crippen molar-refractivity contribution >= 4 is 15.8 Å². The average molecular weight is 386 g/mol. The first kappa shape index (κ1) is 20.7. The minimum Gasteiger partial charge on any atom is -0.361 e. The summed E-state index contributed by atoms with van der Waals surface area (Å²) >= 11 is 0. The topological polar surface area (TPSA) is 99.8 Å². The number of sulfone groups is 1. The van der Waals surface area contributed by atoms with Crippen molar-refractivity contribution < 1.29 is 12.9 Å². The van der Waals surface area contributed by atoms with Gasteiger partial charge in [0.2, 0.25) is 0 Å². The molecule has 1 fully saturated rings. The lowest BCUT2D eigenvalue weighted by Crippen LogP contribution is -2.45. The summed E-state index contributed by atoms with van der Waals surface area (Å²) in [5.74, 6) is 2.17. The van der Waals surface area contributed by atoms with Crippen LogP contribution in [0.2, 0.25) is 0 Å². The maximum Gasteiger partial charge on any atom is 0.191 e. The van der Waals surface area contributed by atoms with E-state index < -0.39 is 9.84 Å². The van der Waals surface area contributed by atoms with Gasteiger partial charge in [-0.25, -0.2) is 13.4 Å². The summed E-state index contributed by atoms with van der Waals surface area (Å²) in [6, 6.07) is 0. The number of nitrogens with zero attached hydrogens (tertiary/aromatic N) is 3. The molecule has 0 saturated carbocycles. The SMILES string of the molecule is CCNC(=NCc1c(CC)noc1CC)NCCN1CCS(=O)(=O)CC1. The smallest absolute Gasteiger partial charge is 0.191 e. The summed E-state index contributed by atoms with van der Waals surface area (Å²) in [6.07, 6.45) is 1.63. The minimum atomic E-state index is -2.83. The number of aromatic nitrogens is 1.